The molecule has 10 atom stereocenters. The summed E-state index contributed by atoms with van der Waals surface area (Å²) >= 11 is 0. The Hall–Kier alpha value is -5.55. The molecular formula is C54H80N10O8. The number of carbonyl (C=O) groups excluding carboxylic acids is 6. The van der Waals surface area contributed by atoms with E-state index >= 15 is 0 Å². The van der Waals surface area contributed by atoms with E-state index in [0.717, 1.165) is 90.0 Å². The van der Waals surface area contributed by atoms with E-state index in [0.29, 0.717) is 18.4 Å². The van der Waals surface area contributed by atoms with Gasteiger partial charge in [0, 0.05) is 43.9 Å². The van der Waals surface area contributed by atoms with Gasteiger partial charge in [0.15, 0.2) is 0 Å². The number of rotatable bonds is 13. The van der Waals surface area contributed by atoms with Crippen molar-refractivity contribution in [2.24, 2.45) is 46.3 Å². The van der Waals surface area contributed by atoms with E-state index in [1.807, 2.05) is 46.4 Å². The molecule has 4 heterocycles. The van der Waals surface area contributed by atoms with E-state index in [9.17, 15) is 38.7 Å². The summed E-state index contributed by atoms with van der Waals surface area (Å²) in [6.45, 7) is 14.9. The lowest BCUT2D eigenvalue weighted by Crippen LogP contribution is -2.61. The Balaban J connectivity index is 0.000000212. The third-order valence-corrected chi connectivity index (χ3v) is 16.7. The number of fused-ring (bicyclic) bond motifs is 2. The molecule has 394 valence electrons. The molecule has 18 heteroatoms. The molecule has 8 rings (SSSR count). The van der Waals surface area contributed by atoms with Crippen LogP contribution in [0.4, 0.5) is 0 Å². The normalized spacial score (nSPS) is 26.2. The minimum Gasteiger partial charge on any atom is -0.480 e. The Kier molecular flexibility index (Phi) is 17.7. The number of carboxylic acids is 1. The molecule has 0 unspecified atom stereocenters. The Morgan fingerprint density at radius 3 is 1.36 bits per heavy atom. The number of likely N-dealkylation sites (tertiary alicyclic amines) is 2. The highest BCUT2D eigenvalue weighted by atomic mass is 16.4. The Morgan fingerprint density at radius 2 is 0.958 bits per heavy atom. The largest absolute Gasteiger partial charge is 0.480 e. The van der Waals surface area contributed by atoms with Gasteiger partial charge in [-0.1, -0.05) is 92.9 Å². The standard InChI is InChI=1S/C27H39N5O5.C27H41N5O3/c1-27(2,3)22(25(35)32-15-17-10-7-11-18(17)21(32)26(36)37)31-24(34)20(16-8-5-4-6-9-16)30-23(33)19-14-28-12-13-29-19;1-17-20-12-8-11-19(20)16-32(17)26(35)23(27(2,3)4)31-25(34)22(18-9-6-5-7-10-18)30-24(33)21-15-28-13-14-29-21/h12-14,16-18,20-22H,4-11,15H2,1-3H3,(H,30,33)(H,31,34)(H,36,37);13-15,17-20,22-23H,5-12,16H2,1-4H3,(H,30,33)(H,31,34)/t17-,18-,20-,21-,22+;17-,19+,20-,22+,23-/m01/s1. The Labute approximate surface area is 425 Å². The maximum atomic E-state index is 13.9. The van der Waals surface area contributed by atoms with Gasteiger partial charge >= 0.3 is 5.97 Å². The molecule has 4 aliphatic carbocycles. The summed E-state index contributed by atoms with van der Waals surface area (Å²) in [6.07, 6.45) is 24.5. The van der Waals surface area contributed by atoms with Gasteiger partial charge in [0.25, 0.3) is 11.8 Å². The van der Waals surface area contributed by atoms with Crippen LogP contribution in [0, 0.1) is 46.3 Å². The molecule has 6 amide bonds. The van der Waals surface area contributed by atoms with E-state index in [4.69, 9.17) is 0 Å². The fourth-order valence-corrected chi connectivity index (χ4v) is 12.8. The third-order valence-electron chi connectivity index (χ3n) is 16.7. The van der Waals surface area contributed by atoms with Crippen molar-refractivity contribution in [1.29, 1.82) is 0 Å². The summed E-state index contributed by atoms with van der Waals surface area (Å²) in [4.78, 5) is 113. The third kappa shape index (κ3) is 12.8. The molecule has 6 fully saturated rings. The van der Waals surface area contributed by atoms with Crippen LogP contribution in [0.25, 0.3) is 0 Å². The minimum atomic E-state index is -0.988. The van der Waals surface area contributed by atoms with Gasteiger partial charge in [-0.2, -0.15) is 0 Å². The van der Waals surface area contributed by atoms with Gasteiger partial charge in [0.2, 0.25) is 23.6 Å². The highest BCUT2D eigenvalue weighted by molar-refractivity contribution is 5.99. The summed E-state index contributed by atoms with van der Waals surface area (Å²) < 4.78 is 0. The van der Waals surface area contributed by atoms with Crippen LogP contribution in [0.2, 0.25) is 0 Å². The summed E-state index contributed by atoms with van der Waals surface area (Å²) in [5.41, 5.74) is -0.829. The van der Waals surface area contributed by atoms with Crippen molar-refractivity contribution in [2.75, 3.05) is 13.1 Å². The lowest BCUT2D eigenvalue weighted by molar-refractivity contribution is -0.152. The van der Waals surface area contributed by atoms with Crippen molar-refractivity contribution in [1.82, 2.24) is 51.0 Å². The van der Waals surface area contributed by atoms with Crippen LogP contribution in [0.3, 0.4) is 0 Å². The van der Waals surface area contributed by atoms with Gasteiger partial charge in [-0.15, -0.1) is 0 Å². The number of hydrogen-bond donors (Lipinski definition) is 5. The number of carboxylic acid groups (broad SMARTS) is 1. The molecule has 0 radical (unpaired) electrons. The fraction of sp³-hybridized carbons (Fsp3) is 0.722. The van der Waals surface area contributed by atoms with Crippen molar-refractivity contribution in [3.05, 3.63) is 48.6 Å². The maximum Gasteiger partial charge on any atom is 0.326 e. The maximum absolute atomic E-state index is 13.9. The molecule has 0 bridgehead atoms. The summed E-state index contributed by atoms with van der Waals surface area (Å²) in [6, 6.07) is -3.80. The number of nitrogens with zero attached hydrogens (tertiary/aromatic N) is 6. The molecule has 6 aliphatic rings. The average molecular weight is 997 g/mol. The van der Waals surface area contributed by atoms with E-state index in [1.54, 1.807) is 0 Å². The van der Waals surface area contributed by atoms with Crippen LogP contribution in [0.1, 0.15) is 172 Å². The van der Waals surface area contributed by atoms with Crippen molar-refractivity contribution in [3.63, 3.8) is 0 Å². The lowest BCUT2D eigenvalue weighted by atomic mass is 9.82. The molecule has 2 aliphatic heterocycles. The highest BCUT2D eigenvalue weighted by Crippen LogP contribution is 2.44. The van der Waals surface area contributed by atoms with Crippen molar-refractivity contribution < 1.29 is 38.7 Å². The summed E-state index contributed by atoms with van der Waals surface area (Å²) in [5, 5.41) is 21.8. The van der Waals surface area contributed by atoms with Crippen molar-refractivity contribution >= 4 is 41.4 Å². The van der Waals surface area contributed by atoms with Crippen molar-refractivity contribution in [3.8, 4) is 0 Å². The smallest absolute Gasteiger partial charge is 0.326 e. The van der Waals surface area contributed by atoms with E-state index < -0.39 is 64.7 Å². The van der Waals surface area contributed by atoms with Gasteiger partial charge in [0.1, 0.15) is 41.6 Å². The highest BCUT2D eigenvalue weighted by Gasteiger charge is 2.53. The number of carbonyl (C=O) groups is 7. The van der Waals surface area contributed by atoms with Crippen LogP contribution in [-0.2, 0) is 24.0 Å². The second-order valence-electron chi connectivity index (χ2n) is 23.7. The van der Waals surface area contributed by atoms with Crippen LogP contribution in [0.5, 0.6) is 0 Å². The monoisotopic (exact) mass is 997 g/mol. The summed E-state index contributed by atoms with van der Waals surface area (Å²) in [7, 11) is 0. The molecule has 0 spiro atoms. The quantitative estimate of drug-likeness (QED) is 0.162. The predicted octanol–water partition coefficient (Wildman–Crippen LogP) is 5.73. The molecule has 18 nitrogen and oxygen atoms in total. The first-order chi connectivity index (χ1) is 34.2. The number of hydrogen-bond acceptors (Lipinski definition) is 11. The van der Waals surface area contributed by atoms with Crippen LogP contribution in [-0.4, -0.2) is 126 Å². The predicted molar refractivity (Wildman–Crippen MR) is 268 cm³/mol. The molecule has 2 aromatic heterocycles. The zero-order valence-electron chi connectivity index (χ0n) is 43.6. The number of aromatic nitrogens is 4. The number of amides is 6. The zero-order chi connectivity index (χ0) is 51.9. The van der Waals surface area contributed by atoms with E-state index in [2.05, 4.69) is 48.1 Å². The number of nitrogens with one attached hydrogen (secondary N) is 4. The Morgan fingerprint density at radius 1 is 0.542 bits per heavy atom. The first-order valence-corrected chi connectivity index (χ1v) is 26.8. The van der Waals surface area contributed by atoms with Crippen LogP contribution >= 0.6 is 0 Å². The average Bonchev–Trinajstić information content (AvgIpc) is 4.17. The van der Waals surface area contributed by atoms with Gasteiger partial charge in [0.05, 0.1) is 12.4 Å². The molecule has 2 saturated heterocycles. The second-order valence-corrected chi connectivity index (χ2v) is 23.7. The molecule has 72 heavy (non-hydrogen) atoms. The first kappa shape index (κ1) is 54.2. The second kappa shape index (κ2) is 23.5. The lowest BCUT2D eigenvalue weighted by Gasteiger charge is -2.37. The Bertz CT molecular complexity index is 2220. The van der Waals surface area contributed by atoms with Gasteiger partial charge in [-0.25, -0.2) is 14.8 Å². The molecular weight excluding hydrogens is 917 g/mol. The molecule has 0 aromatic carbocycles. The van der Waals surface area contributed by atoms with Crippen LogP contribution in [0.15, 0.2) is 37.2 Å². The molecule has 2 aromatic rings. The first-order valence-electron chi connectivity index (χ1n) is 26.8. The van der Waals surface area contributed by atoms with Gasteiger partial charge in [-0.05, 0) is 105 Å². The van der Waals surface area contributed by atoms with Gasteiger partial charge in [-0.3, -0.25) is 38.7 Å². The minimum absolute atomic E-state index is 0.00426. The van der Waals surface area contributed by atoms with Crippen LogP contribution < -0.4 is 21.3 Å². The number of aliphatic carboxylic acids is 1. The van der Waals surface area contributed by atoms with E-state index in [-0.39, 0.29) is 58.8 Å². The topological polar surface area (TPSA) is 246 Å². The SMILES string of the molecule is CC(C)(C)[C@H](NC(=O)[C@@H](NC(=O)c1cnccn1)C1CCCCC1)C(=O)N1C[C@@H]2CCC[C@@H]2[C@H]1C(=O)O.C[C@@H]1[C@H]2CCC[C@H]2CN1C(=O)[C@@H](NC(=O)[C@@H](NC(=O)c1cnccn1)C1CCCCC1)C(C)(C)C. The molecule has 5 N–H and O–H groups in total. The van der Waals surface area contributed by atoms with Crippen molar-refractivity contribution in [2.45, 2.75) is 187 Å². The fourth-order valence-electron chi connectivity index (χ4n) is 12.8. The zero-order valence-corrected chi connectivity index (χ0v) is 43.6. The summed E-state index contributed by atoms with van der Waals surface area (Å²) in [5.74, 6) is -1.73. The molecule has 4 saturated carbocycles. The van der Waals surface area contributed by atoms with Gasteiger partial charge < -0.3 is 36.2 Å². The van der Waals surface area contributed by atoms with E-state index in [1.165, 1.54) is 61.3 Å².